The number of benzene rings is 2. The Hall–Kier alpha value is -1.89. The molecule has 2 rings (SSSR count). The summed E-state index contributed by atoms with van der Waals surface area (Å²) in [4.78, 5) is 13.0. The maximum absolute atomic E-state index is 13.0. The van der Waals surface area contributed by atoms with Gasteiger partial charge in [0.05, 0.1) is 0 Å². The molecule has 0 radical (unpaired) electrons. The zero-order valence-corrected chi connectivity index (χ0v) is 14.1. The summed E-state index contributed by atoms with van der Waals surface area (Å²) in [6.45, 7) is 8.69. The van der Waals surface area contributed by atoms with Gasteiger partial charge in [0.25, 0.3) is 0 Å². The molecule has 116 valence electrons. The Labute approximate surface area is 134 Å². The zero-order valence-electron chi connectivity index (χ0n) is 14.1. The van der Waals surface area contributed by atoms with Crippen LogP contribution >= 0.6 is 0 Å². The Morgan fingerprint density at radius 1 is 0.909 bits per heavy atom. The standard InChI is InChI=1S/C21H26O/c1-5-21(6-2,7-3)19-14-9-8-13-18(19)20(22)17-12-10-11-16(4)15-17/h8-15H,5-7H2,1-4H3. The van der Waals surface area contributed by atoms with Gasteiger partial charge in [0, 0.05) is 11.1 Å². The summed E-state index contributed by atoms with van der Waals surface area (Å²) in [6, 6.07) is 16.0. The van der Waals surface area contributed by atoms with Crippen LogP contribution in [-0.4, -0.2) is 5.78 Å². The van der Waals surface area contributed by atoms with Gasteiger partial charge in [0.15, 0.2) is 5.78 Å². The van der Waals surface area contributed by atoms with Gasteiger partial charge in [-0.1, -0.05) is 68.8 Å². The lowest BCUT2D eigenvalue weighted by Crippen LogP contribution is -2.26. The molecule has 0 aromatic heterocycles. The molecule has 1 nitrogen and oxygen atoms in total. The van der Waals surface area contributed by atoms with Gasteiger partial charge < -0.3 is 0 Å². The van der Waals surface area contributed by atoms with Crippen molar-refractivity contribution < 1.29 is 4.79 Å². The SMILES string of the molecule is CCC(CC)(CC)c1ccccc1C(=O)c1cccc(C)c1. The van der Waals surface area contributed by atoms with Crippen LogP contribution in [0.15, 0.2) is 48.5 Å². The molecule has 0 saturated heterocycles. The first-order chi connectivity index (χ1) is 10.6. The van der Waals surface area contributed by atoms with Crippen LogP contribution in [0.25, 0.3) is 0 Å². The predicted octanol–water partition coefficient (Wildman–Crippen LogP) is 5.69. The number of carbonyl (C=O) groups excluding carboxylic acids is 1. The van der Waals surface area contributed by atoms with Crippen molar-refractivity contribution in [2.24, 2.45) is 0 Å². The van der Waals surface area contributed by atoms with E-state index in [1.807, 2.05) is 43.3 Å². The fourth-order valence-electron chi connectivity index (χ4n) is 3.41. The van der Waals surface area contributed by atoms with Crippen LogP contribution in [0.1, 0.15) is 67.1 Å². The molecule has 1 heteroatoms. The first kappa shape index (κ1) is 16.5. The van der Waals surface area contributed by atoms with E-state index in [4.69, 9.17) is 0 Å². The van der Waals surface area contributed by atoms with E-state index >= 15 is 0 Å². The van der Waals surface area contributed by atoms with Crippen molar-refractivity contribution in [3.8, 4) is 0 Å². The third-order valence-corrected chi connectivity index (χ3v) is 5.05. The summed E-state index contributed by atoms with van der Waals surface area (Å²) in [6.07, 6.45) is 3.16. The highest BCUT2D eigenvalue weighted by Crippen LogP contribution is 2.37. The minimum absolute atomic E-state index is 0.0933. The number of aryl methyl sites for hydroxylation is 1. The van der Waals surface area contributed by atoms with E-state index in [0.717, 1.165) is 36.0 Å². The number of carbonyl (C=O) groups is 1. The average Bonchev–Trinajstić information content (AvgIpc) is 2.57. The Bertz CT molecular complexity index is 642. The van der Waals surface area contributed by atoms with Gasteiger partial charge in [-0.25, -0.2) is 0 Å². The molecule has 0 spiro atoms. The Balaban J connectivity index is 2.55. The molecule has 0 saturated carbocycles. The highest BCUT2D eigenvalue weighted by Gasteiger charge is 2.30. The molecule has 0 aliphatic carbocycles. The van der Waals surface area contributed by atoms with E-state index in [-0.39, 0.29) is 11.2 Å². The van der Waals surface area contributed by atoms with Gasteiger partial charge in [-0.2, -0.15) is 0 Å². The second-order valence-electron chi connectivity index (χ2n) is 6.09. The molecule has 0 N–H and O–H groups in total. The Morgan fingerprint density at radius 3 is 2.14 bits per heavy atom. The maximum atomic E-state index is 13.0. The van der Waals surface area contributed by atoms with Crippen LogP contribution in [0.2, 0.25) is 0 Å². The van der Waals surface area contributed by atoms with Gasteiger partial charge in [-0.15, -0.1) is 0 Å². The smallest absolute Gasteiger partial charge is 0.193 e. The lowest BCUT2D eigenvalue weighted by Gasteiger charge is -2.33. The Morgan fingerprint density at radius 2 is 1.55 bits per heavy atom. The van der Waals surface area contributed by atoms with Crippen molar-refractivity contribution in [3.63, 3.8) is 0 Å². The number of hydrogen-bond donors (Lipinski definition) is 0. The van der Waals surface area contributed by atoms with E-state index in [0.29, 0.717) is 0 Å². The first-order valence-corrected chi connectivity index (χ1v) is 8.28. The number of ketones is 1. The van der Waals surface area contributed by atoms with Crippen molar-refractivity contribution in [1.29, 1.82) is 0 Å². The van der Waals surface area contributed by atoms with E-state index in [1.165, 1.54) is 5.56 Å². The molecule has 0 aliphatic rings. The largest absolute Gasteiger partial charge is 0.289 e. The van der Waals surface area contributed by atoms with E-state index in [2.05, 4.69) is 32.9 Å². The van der Waals surface area contributed by atoms with Gasteiger partial charge >= 0.3 is 0 Å². The Kier molecular flexibility index (Phi) is 5.18. The van der Waals surface area contributed by atoms with Crippen molar-refractivity contribution in [2.45, 2.75) is 52.4 Å². The summed E-state index contributed by atoms with van der Waals surface area (Å²) in [7, 11) is 0. The molecule has 0 heterocycles. The van der Waals surface area contributed by atoms with E-state index < -0.39 is 0 Å². The quantitative estimate of drug-likeness (QED) is 0.625. The van der Waals surface area contributed by atoms with Crippen LogP contribution in [0, 0.1) is 6.92 Å². The molecule has 0 bridgehead atoms. The molecule has 2 aromatic carbocycles. The van der Waals surface area contributed by atoms with Crippen LogP contribution < -0.4 is 0 Å². The van der Waals surface area contributed by atoms with Crippen LogP contribution in [-0.2, 0) is 5.41 Å². The molecule has 0 unspecified atom stereocenters. The van der Waals surface area contributed by atoms with Gasteiger partial charge in [0.1, 0.15) is 0 Å². The summed E-state index contributed by atoms with van der Waals surface area (Å²) in [5.74, 6) is 0.138. The van der Waals surface area contributed by atoms with Gasteiger partial charge in [0.2, 0.25) is 0 Å². The van der Waals surface area contributed by atoms with Crippen molar-refractivity contribution >= 4 is 5.78 Å². The normalized spacial score (nSPS) is 11.5. The maximum Gasteiger partial charge on any atom is 0.193 e. The summed E-state index contributed by atoms with van der Waals surface area (Å²) in [5, 5.41) is 0. The van der Waals surface area contributed by atoms with Crippen molar-refractivity contribution in [3.05, 3.63) is 70.8 Å². The first-order valence-electron chi connectivity index (χ1n) is 8.28. The summed E-state index contributed by atoms with van der Waals surface area (Å²) in [5.41, 5.74) is 4.06. The molecule has 2 aromatic rings. The van der Waals surface area contributed by atoms with Gasteiger partial charge in [-0.05, 0) is 43.2 Å². The highest BCUT2D eigenvalue weighted by atomic mass is 16.1. The van der Waals surface area contributed by atoms with Crippen LogP contribution in [0.4, 0.5) is 0 Å². The third kappa shape index (κ3) is 2.99. The lowest BCUT2D eigenvalue weighted by atomic mass is 9.71. The summed E-state index contributed by atoms with van der Waals surface area (Å²) >= 11 is 0. The minimum Gasteiger partial charge on any atom is -0.289 e. The third-order valence-electron chi connectivity index (χ3n) is 5.05. The van der Waals surface area contributed by atoms with Gasteiger partial charge in [-0.3, -0.25) is 4.79 Å². The zero-order chi connectivity index (χ0) is 16.2. The second-order valence-corrected chi connectivity index (χ2v) is 6.09. The van der Waals surface area contributed by atoms with E-state index in [1.54, 1.807) is 0 Å². The lowest BCUT2D eigenvalue weighted by molar-refractivity contribution is 0.103. The van der Waals surface area contributed by atoms with E-state index in [9.17, 15) is 4.79 Å². The highest BCUT2D eigenvalue weighted by molar-refractivity contribution is 6.10. The van der Waals surface area contributed by atoms with Crippen LogP contribution in [0.5, 0.6) is 0 Å². The fraction of sp³-hybridized carbons (Fsp3) is 0.381. The molecule has 0 atom stereocenters. The average molecular weight is 294 g/mol. The summed E-state index contributed by atoms with van der Waals surface area (Å²) < 4.78 is 0. The predicted molar refractivity (Wildman–Crippen MR) is 93.6 cm³/mol. The monoisotopic (exact) mass is 294 g/mol. The number of hydrogen-bond acceptors (Lipinski definition) is 1. The molecular weight excluding hydrogens is 268 g/mol. The topological polar surface area (TPSA) is 17.1 Å². The molecule has 0 fully saturated rings. The van der Waals surface area contributed by atoms with Crippen molar-refractivity contribution in [2.75, 3.05) is 0 Å². The number of rotatable bonds is 6. The van der Waals surface area contributed by atoms with Crippen molar-refractivity contribution in [1.82, 2.24) is 0 Å². The van der Waals surface area contributed by atoms with Crippen LogP contribution in [0.3, 0.4) is 0 Å². The minimum atomic E-state index is 0.0933. The molecule has 0 amide bonds. The molecule has 22 heavy (non-hydrogen) atoms. The fourth-order valence-corrected chi connectivity index (χ4v) is 3.41. The molecular formula is C21H26O. The second kappa shape index (κ2) is 6.91. The molecule has 0 aliphatic heterocycles.